The molecule has 0 aromatic rings. The molecule has 148 valence electrons. The molecule has 0 spiro atoms. The van der Waals surface area contributed by atoms with Crippen molar-refractivity contribution >= 4 is 17.9 Å². The van der Waals surface area contributed by atoms with Crippen molar-refractivity contribution in [2.24, 2.45) is 0 Å². The van der Waals surface area contributed by atoms with Gasteiger partial charge in [0.2, 0.25) is 0 Å². The lowest BCUT2D eigenvalue weighted by atomic mass is 10.4. The van der Waals surface area contributed by atoms with Crippen LogP contribution in [0.2, 0.25) is 0 Å². The number of esters is 3. The first kappa shape index (κ1) is 25.8. The maximum Gasteiger partial charge on any atom is 0.333 e. The highest BCUT2D eigenvalue weighted by atomic mass is 16.6. The van der Waals surface area contributed by atoms with Crippen molar-refractivity contribution in [1.29, 1.82) is 0 Å². The number of carbonyl (C=O) groups is 3. The van der Waals surface area contributed by atoms with Gasteiger partial charge in [-0.3, -0.25) is 0 Å². The highest BCUT2D eigenvalue weighted by Gasteiger charge is 2.24. The Morgan fingerprint density at radius 1 is 1.12 bits per heavy atom. The molecule has 0 aliphatic carbocycles. The molecular formula is C19H30O7. The first-order valence-electron chi connectivity index (χ1n) is 8.16. The van der Waals surface area contributed by atoms with Gasteiger partial charge in [0.25, 0.3) is 0 Å². The molecule has 1 aliphatic heterocycles. The fraction of sp³-hybridized carbons (Fsp3) is 0.526. The quantitative estimate of drug-likeness (QED) is 0.213. The number of carbonyl (C=O) groups excluding carboxylic acids is 3. The molecule has 1 aliphatic rings. The zero-order chi connectivity index (χ0) is 20.5. The largest absolute Gasteiger partial charge is 0.466 e. The average Bonchev–Trinajstić information content (AvgIpc) is 3.44. The Kier molecular flexibility index (Phi) is 16.0. The first-order chi connectivity index (χ1) is 12.2. The van der Waals surface area contributed by atoms with Crippen LogP contribution in [0, 0.1) is 0 Å². The predicted octanol–water partition coefficient (Wildman–Crippen LogP) is 2.76. The minimum atomic E-state index is -0.347. The van der Waals surface area contributed by atoms with E-state index in [-0.39, 0.29) is 24.0 Å². The molecule has 0 bridgehead atoms. The van der Waals surface area contributed by atoms with E-state index in [9.17, 15) is 14.4 Å². The molecule has 0 amide bonds. The van der Waals surface area contributed by atoms with Crippen LogP contribution in [0.25, 0.3) is 0 Å². The van der Waals surface area contributed by atoms with Crippen LogP contribution in [0.5, 0.6) is 0 Å². The molecule has 0 radical (unpaired) electrons. The molecule has 1 fully saturated rings. The number of ether oxygens (including phenoxy) is 4. The van der Waals surface area contributed by atoms with Crippen molar-refractivity contribution in [3.8, 4) is 0 Å². The SMILES string of the molecule is C=C(C)C(=O)OC.C=C(C)C(=O)OCC1CO1.C=CC(=O)OCCCC. The highest BCUT2D eigenvalue weighted by molar-refractivity contribution is 5.87. The zero-order valence-electron chi connectivity index (χ0n) is 16.2. The van der Waals surface area contributed by atoms with Crippen LogP contribution in [0.15, 0.2) is 37.0 Å². The maximum atomic E-state index is 10.7. The van der Waals surface area contributed by atoms with Crippen LogP contribution in [-0.4, -0.2) is 50.9 Å². The van der Waals surface area contributed by atoms with Gasteiger partial charge >= 0.3 is 17.9 Å². The van der Waals surface area contributed by atoms with E-state index in [2.05, 4.69) is 29.2 Å². The summed E-state index contributed by atoms with van der Waals surface area (Å²) < 4.78 is 18.5. The Morgan fingerprint density at radius 3 is 1.96 bits per heavy atom. The molecule has 1 atom stereocenters. The molecule has 7 heteroatoms. The van der Waals surface area contributed by atoms with E-state index >= 15 is 0 Å². The highest BCUT2D eigenvalue weighted by Crippen LogP contribution is 2.09. The first-order valence-corrected chi connectivity index (χ1v) is 8.16. The van der Waals surface area contributed by atoms with Crippen LogP contribution in [-0.2, 0) is 33.3 Å². The number of unbranched alkanes of at least 4 members (excludes halogenated alkanes) is 1. The van der Waals surface area contributed by atoms with E-state index < -0.39 is 0 Å². The molecule has 0 saturated carbocycles. The Bertz CT molecular complexity index is 490. The van der Waals surface area contributed by atoms with Crippen LogP contribution in [0.1, 0.15) is 33.6 Å². The van der Waals surface area contributed by atoms with Gasteiger partial charge in [0, 0.05) is 17.2 Å². The fourth-order valence-corrected chi connectivity index (χ4v) is 1.01. The normalized spacial score (nSPS) is 13.5. The maximum absolute atomic E-state index is 10.7. The molecule has 0 aromatic heterocycles. The molecule has 0 N–H and O–H groups in total. The summed E-state index contributed by atoms with van der Waals surface area (Å²) in [5.41, 5.74) is 0.864. The van der Waals surface area contributed by atoms with Crippen molar-refractivity contribution in [2.45, 2.75) is 39.7 Å². The fourth-order valence-electron chi connectivity index (χ4n) is 1.01. The second-order valence-corrected chi connectivity index (χ2v) is 5.33. The van der Waals surface area contributed by atoms with Crippen molar-refractivity contribution in [2.75, 3.05) is 26.9 Å². The molecule has 0 aromatic carbocycles. The third-order valence-corrected chi connectivity index (χ3v) is 2.59. The predicted molar refractivity (Wildman–Crippen MR) is 98.4 cm³/mol. The monoisotopic (exact) mass is 370 g/mol. The lowest BCUT2D eigenvalue weighted by molar-refractivity contribution is -0.139. The standard InChI is InChI=1S/C7H10O3.C7H12O2.C5H8O2/c1-5(2)7(8)10-4-6-3-9-6;1-3-5-6-9-7(8)4-2;1-4(2)5(6)7-3/h6H,1,3-4H2,2H3;4H,2-3,5-6H2,1H3;1H2,2-3H3. The van der Waals surface area contributed by atoms with E-state index in [1.165, 1.54) is 13.2 Å². The molecule has 7 nitrogen and oxygen atoms in total. The summed E-state index contributed by atoms with van der Waals surface area (Å²) >= 11 is 0. The number of rotatable bonds is 8. The Hall–Kier alpha value is -2.41. The summed E-state index contributed by atoms with van der Waals surface area (Å²) in [6, 6.07) is 0. The van der Waals surface area contributed by atoms with Gasteiger partial charge in [0.1, 0.15) is 12.7 Å². The van der Waals surface area contributed by atoms with Crippen LogP contribution < -0.4 is 0 Å². The van der Waals surface area contributed by atoms with Gasteiger partial charge < -0.3 is 18.9 Å². The van der Waals surface area contributed by atoms with Gasteiger partial charge in [-0.25, -0.2) is 14.4 Å². The van der Waals surface area contributed by atoms with Gasteiger partial charge in [-0.15, -0.1) is 0 Å². The number of hydrogen-bond donors (Lipinski definition) is 0. The summed E-state index contributed by atoms with van der Waals surface area (Å²) in [6.07, 6.45) is 3.29. The van der Waals surface area contributed by atoms with Gasteiger partial charge in [-0.1, -0.05) is 33.1 Å². The van der Waals surface area contributed by atoms with E-state index in [0.29, 0.717) is 31.0 Å². The van der Waals surface area contributed by atoms with Gasteiger partial charge in [-0.2, -0.15) is 0 Å². The lowest BCUT2D eigenvalue weighted by Crippen LogP contribution is -2.09. The van der Waals surface area contributed by atoms with Gasteiger partial charge in [0.05, 0.1) is 20.3 Å². The van der Waals surface area contributed by atoms with Crippen LogP contribution >= 0.6 is 0 Å². The minimum absolute atomic E-state index is 0.142. The third-order valence-electron chi connectivity index (χ3n) is 2.59. The van der Waals surface area contributed by atoms with Gasteiger partial charge in [-0.05, 0) is 20.3 Å². The summed E-state index contributed by atoms with van der Waals surface area (Å²) in [5.74, 6) is -1.01. The Labute approximate surface area is 155 Å². The summed E-state index contributed by atoms with van der Waals surface area (Å²) in [4.78, 5) is 31.2. The zero-order valence-corrected chi connectivity index (χ0v) is 16.2. The van der Waals surface area contributed by atoms with Gasteiger partial charge in [0.15, 0.2) is 0 Å². The molecule has 1 heterocycles. The number of methoxy groups -OCH3 is 1. The summed E-state index contributed by atoms with van der Waals surface area (Å²) in [7, 11) is 1.33. The van der Waals surface area contributed by atoms with Crippen molar-refractivity contribution in [1.82, 2.24) is 0 Å². The van der Waals surface area contributed by atoms with Crippen LogP contribution in [0.3, 0.4) is 0 Å². The Balaban J connectivity index is 0. The Morgan fingerprint density at radius 2 is 1.65 bits per heavy atom. The van der Waals surface area contributed by atoms with E-state index in [1.807, 2.05) is 6.92 Å². The second-order valence-electron chi connectivity index (χ2n) is 5.33. The third kappa shape index (κ3) is 17.9. The molecule has 1 unspecified atom stereocenters. The summed E-state index contributed by atoms with van der Waals surface area (Å²) in [6.45, 7) is 16.9. The molecule has 26 heavy (non-hydrogen) atoms. The number of hydrogen-bond acceptors (Lipinski definition) is 7. The lowest BCUT2D eigenvalue weighted by Gasteiger charge is -1.99. The van der Waals surface area contributed by atoms with Crippen molar-refractivity contribution in [3.05, 3.63) is 37.0 Å². The minimum Gasteiger partial charge on any atom is -0.466 e. The molecule has 1 rings (SSSR count). The second kappa shape index (κ2) is 16.1. The smallest absolute Gasteiger partial charge is 0.333 e. The van der Waals surface area contributed by atoms with Crippen molar-refractivity contribution < 1.29 is 33.3 Å². The van der Waals surface area contributed by atoms with E-state index in [4.69, 9.17) is 9.47 Å². The van der Waals surface area contributed by atoms with E-state index in [0.717, 1.165) is 12.8 Å². The number of epoxide rings is 1. The summed E-state index contributed by atoms with van der Waals surface area (Å²) in [5, 5.41) is 0. The van der Waals surface area contributed by atoms with Crippen LogP contribution in [0.4, 0.5) is 0 Å². The topological polar surface area (TPSA) is 91.4 Å². The molecule has 1 saturated heterocycles. The van der Waals surface area contributed by atoms with Crippen molar-refractivity contribution in [3.63, 3.8) is 0 Å². The molecular weight excluding hydrogens is 340 g/mol. The average molecular weight is 370 g/mol. The van der Waals surface area contributed by atoms with E-state index in [1.54, 1.807) is 13.8 Å².